The molecule has 14 heavy (non-hydrogen) atoms. The maximum absolute atomic E-state index is 10.6. The van der Waals surface area contributed by atoms with Crippen molar-refractivity contribution in [1.82, 2.24) is 0 Å². The van der Waals surface area contributed by atoms with Gasteiger partial charge in [-0.3, -0.25) is 10.1 Å². The topological polar surface area (TPSA) is 52.4 Å². The molecule has 0 aliphatic carbocycles. The molecule has 0 saturated carbocycles. The van der Waals surface area contributed by atoms with Crippen LogP contribution in [0.5, 0.6) is 5.75 Å². The molecular weight excluding hydrogens is 250 g/mol. The van der Waals surface area contributed by atoms with Crippen LogP contribution in [-0.4, -0.2) is 11.5 Å². The summed E-state index contributed by atoms with van der Waals surface area (Å²) in [5.41, 5.74) is -0.0462. The summed E-state index contributed by atoms with van der Waals surface area (Å²) in [4.78, 5) is 10.1. The van der Waals surface area contributed by atoms with Gasteiger partial charge in [0.25, 0.3) is 0 Å². The third kappa shape index (κ3) is 2.56. The smallest absolute Gasteiger partial charge is 0.311 e. The number of ether oxygens (including phenoxy) is 1. The van der Waals surface area contributed by atoms with E-state index in [1.165, 1.54) is 12.1 Å². The molecule has 0 unspecified atom stereocenters. The van der Waals surface area contributed by atoms with Crippen LogP contribution in [0.4, 0.5) is 5.69 Å². The van der Waals surface area contributed by atoms with Gasteiger partial charge in [0.15, 0.2) is 5.75 Å². The summed E-state index contributed by atoms with van der Waals surface area (Å²) < 4.78 is 5.88. The fourth-order valence-corrected chi connectivity index (χ4v) is 1.24. The highest BCUT2D eigenvalue weighted by atomic mass is 79.9. The molecular formula is C9H8BrNO3. The molecule has 0 amide bonds. The Labute approximate surface area is 89.5 Å². The molecule has 0 atom stereocenters. The summed E-state index contributed by atoms with van der Waals surface area (Å²) in [5, 5.41) is 10.6. The van der Waals surface area contributed by atoms with Gasteiger partial charge >= 0.3 is 5.69 Å². The summed E-state index contributed by atoms with van der Waals surface area (Å²) in [6.07, 6.45) is 1.53. The number of hydrogen-bond acceptors (Lipinski definition) is 3. The van der Waals surface area contributed by atoms with Gasteiger partial charge in [0.2, 0.25) is 0 Å². The Balaban J connectivity index is 3.02. The minimum absolute atomic E-state index is 0.0462. The number of nitro benzene ring substituents is 1. The van der Waals surface area contributed by atoms with Gasteiger partial charge < -0.3 is 4.74 Å². The SMILES string of the molecule is C=CCOc1cc(Br)ccc1[N+](=O)[O-]. The van der Waals surface area contributed by atoms with Gasteiger partial charge in [-0.25, -0.2) is 0 Å². The third-order valence-corrected chi connectivity index (χ3v) is 1.97. The molecule has 5 heteroatoms. The quantitative estimate of drug-likeness (QED) is 0.474. The van der Waals surface area contributed by atoms with Gasteiger partial charge in [-0.2, -0.15) is 0 Å². The highest BCUT2D eigenvalue weighted by Crippen LogP contribution is 2.29. The first kappa shape index (κ1) is 10.7. The number of nitro groups is 1. The van der Waals surface area contributed by atoms with Crippen molar-refractivity contribution in [2.24, 2.45) is 0 Å². The molecule has 1 aromatic rings. The van der Waals surface area contributed by atoms with Crippen LogP contribution < -0.4 is 4.74 Å². The van der Waals surface area contributed by atoms with Crippen molar-refractivity contribution < 1.29 is 9.66 Å². The zero-order chi connectivity index (χ0) is 10.6. The summed E-state index contributed by atoms with van der Waals surface area (Å²) in [7, 11) is 0. The van der Waals surface area contributed by atoms with Gasteiger partial charge in [0.1, 0.15) is 6.61 Å². The van der Waals surface area contributed by atoms with Crippen LogP contribution >= 0.6 is 15.9 Å². The molecule has 0 N–H and O–H groups in total. The van der Waals surface area contributed by atoms with E-state index < -0.39 is 4.92 Å². The van der Waals surface area contributed by atoms with E-state index in [-0.39, 0.29) is 18.0 Å². The second kappa shape index (κ2) is 4.76. The first-order chi connectivity index (χ1) is 6.65. The molecule has 1 aromatic carbocycles. The summed E-state index contributed by atoms with van der Waals surface area (Å²) in [6, 6.07) is 4.54. The van der Waals surface area contributed by atoms with Gasteiger partial charge in [0.05, 0.1) is 4.92 Å². The zero-order valence-corrected chi connectivity index (χ0v) is 8.86. The molecule has 4 nitrogen and oxygen atoms in total. The molecule has 0 heterocycles. The van der Waals surface area contributed by atoms with Crippen LogP contribution in [-0.2, 0) is 0 Å². The molecule has 0 aromatic heterocycles. The standard InChI is InChI=1S/C9H8BrNO3/c1-2-5-14-9-6-7(10)3-4-8(9)11(12)13/h2-4,6H,1,5H2. The number of rotatable bonds is 4. The molecule has 0 radical (unpaired) electrons. The van der Waals surface area contributed by atoms with E-state index >= 15 is 0 Å². The van der Waals surface area contributed by atoms with E-state index in [9.17, 15) is 10.1 Å². The zero-order valence-electron chi connectivity index (χ0n) is 7.27. The maximum atomic E-state index is 10.6. The Kier molecular flexibility index (Phi) is 3.64. The highest BCUT2D eigenvalue weighted by Gasteiger charge is 2.14. The van der Waals surface area contributed by atoms with Crippen molar-refractivity contribution in [2.45, 2.75) is 0 Å². The Bertz CT molecular complexity index is 365. The first-order valence-electron chi connectivity index (χ1n) is 3.83. The molecule has 0 saturated heterocycles. The lowest BCUT2D eigenvalue weighted by atomic mass is 10.3. The van der Waals surface area contributed by atoms with Crippen LogP contribution in [0.2, 0.25) is 0 Å². The average Bonchev–Trinajstić information content (AvgIpc) is 2.14. The molecule has 0 spiro atoms. The van der Waals surface area contributed by atoms with Crippen molar-refractivity contribution in [3.63, 3.8) is 0 Å². The third-order valence-electron chi connectivity index (χ3n) is 1.48. The first-order valence-corrected chi connectivity index (χ1v) is 4.62. The normalized spacial score (nSPS) is 9.50. The number of benzene rings is 1. The molecule has 74 valence electrons. The average molecular weight is 258 g/mol. The fraction of sp³-hybridized carbons (Fsp3) is 0.111. The largest absolute Gasteiger partial charge is 0.483 e. The molecule has 0 aliphatic heterocycles. The van der Waals surface area contributed by atoms with E-state index in [0.717, 1.165) is 4.47 Å². The second-order valence-corrected chi connectivity index (χ2v) is 3.38. The lowest BCUT2D eigenvalue weighted by molar-refractivity contribution is -0.385. The van der Waals surface area contributed by atoms with Gasteiger partial charge in [-0.15, -0.1) is 0 Å². The van der Waals surface area contributed by atoms with E-state index in [1.807, 2.05) is 0 Å². The molecule has 1 rings (SSSR count). The van der Waals surface area contributed by atoms with Crippen molar-refractivity contribution in [3.05, 3.63) is 45.4 Å². The Hall–Kier alpha value is -1.36. The number of hydrogen-bond donors (Lipinski definition) is 0. The van der Waals surface area contributed by atoms with Crippen LogP contribution in [0.1, 0.15) is 0 Å². The van der Waals surface area contributed by atoms with E-state index in [0.29, 0.717) is 0 Å². The lowest BCUT2D eigenvalue weighted by Gasteiger charge is -2.03. The van der Waals surface area contributed by atoms with E-state index in [2.05, 4.69) is 22.5 Å². The van der Waals surface area contributed by atoms with Crippen LogP contribution in [0.3, 0.4) is 0 Å². The van der Waals surface area contributed by atoms with Gasteiger partial charge in [0, 0.05) is 16.6 Å². The minimum Gasteiger partial charge on any atom is -0.483 e. The van der Waals surface area contributed by atoms with Crippen molar-refractivity contribution >= 4 is 21.6 Å². The summed E-state index contributed by atoms with van der Waals surface area (Å²) in [6.45, 7) is 3.71. The molecule has 0 aliphatic rings. The lowest BCUT2D eigenvalue weighted by Crippen LogP contribution is -1.97. The second-order valence-electron chi connectivity index (χ2n) is 2.47. The van der Waals surface area contributed by atoms with Crippen molar-refractivity contribution in [1.29, 1.82) is 0 Å². The van der Waals surface area contributed by atoms with Crippen molar-refractivity contribution in [2.75, 3.05) is 6.61 Å². The summed E-state index contributed by atoms with van der Waals surface area (Å²) in [5.74, 6) is 0.240. The van der Waals surface area contributed by atoms with Crippen LogP contribution in [0.15, 0.2) is 35.3 Å². The summed E-state index contributed by atoms with van der Waals surface area (Å²) >= 11 is 3.21. The Morgan fingerprint density at radius 1 is 1.64 bits per heavy atom. The Morgan fingerprint density at radius 2 is 2.36 bits per heavy atom. The van der Waals surface area contributed by atoms with Crippen LogP contribution in [0, 0.1) is 10.1 Å². The van der Waals surface area contributed by atoms with Crippen molar-refractivity contribution in [3.8, 4) is 5.75 Å². The van der Waals surface area contributed by atoms with E-state index in [4.69, 9.17) is 4.74 Å². The predicted octanol–water partition coefficient (Wildman–Crippen LogP) is 2.92. The number of halogens is 1. The Morgan fingerprint density at radius 3 is 2.93 bits per heavy atom. The van der Waals surface area contributed by atoms with E-state index in [1.54, 1.807) is 12.1 Å². The van der Waals surface area contributed by atoms with Crippen LogP contribution in [0.25, 0.3) is 0 Å². The van der Waals surface area contributed by atoms with Gasteiger partial charge in [-0.1, -0.05) is 28.6 Å². The predicted molar refractivity (Wildman–Crippen MR) is 56.5 cm³/mol. The monoisotopic (exact) mass is 257 g/mol. The highest BCUT2D eigenvalue weighted by molar-refractivity contribution is 9.10. The fourth-order valence-electron chi connectivity index (χ4n) is 0.903. The maximum Gasteiger partial charge on any atom is 0.311 e. The van der Waals surface area contributed by atoms with Gasteiger partial charge in [-0.05, 0) is 6.07 Å². The minimum atomic E-state index is -0.481. The molecule has 0 bridgehead atoms. The molecule has 0 fully saturated rings. The number of nitrogens with zero attached hydrogens (tertiary/aromatic N) is 1.